The van der Waals surface area contributed by atoms with E-state index in [0.717, 1.165) is 13.7 Å². The molecule has 1 rings (SSSR count). The lowest BCUT2D eigenvalue weighted by Gasteiger charge is -1.94. The fraction of sp³-hybridized carbons (Fsp3) is 0.375. The predicted octanol–water partition coefficient (Wildman–Crippen LogP) is 1.73. The van der Waals surface area contributed by atoms with Gasteiger partial charge in [-0.2, -0.15) is 0 Å². The van der Waals surface area contributed by atoms with E-state index < -0.39 is 0 Å². The number of aliphatic imine (C=N–C) groups is 1. The van der Waals surface area contributed by atoms with Crippen LogP contribution >= 0.6 is 0 Å². The molecule has 0 saturated carbocycles. The molecule has 0 bridgehead atoms. The summed E-state index contributed by atoms with van der Waals surface area (Å²) in [5, 5.41) is 0. The van der Waals surface area contributed by atoms with E-state index in [9.17, 15) is 0 Å². The van der Waals surface area contributed by atoms with Crippen LogP contribution in [0.3, 0.4) is 0 Å². The fourth-order valence-corrected chi connectivity index (χ4v) is 1.00. The van der Waals surface area contributed by atoms with E-state index in [-0.39, 0.29) is 0 Å². The molecule has 0 aromatic carbocycles. The van der Waals surface area contributed by atoms with Crippen molar-refractivity contribution in [3.8, 4) is 0 Å². The summed E-state index contributed by atoms with van der Waals surface area (Å²) in [5.41, 5.74) is 2.72. The van der Waals surface area contributed by atoms with E-state index >= 15 is 0 Å². The lowest BCUT2D eigenvalue weighted by Crippen LogP contribution is -1.90. The Morgan fingerprint density at radius 3 is 3.10 bits per heavy atom. The van der Waals surface area contributed by atoms with Crippen molar-refractivity contribution in [3.63, 3.8) is 0 Å². The Balaban J connectivity index is 2.77. The van der Waals surface area contributed by atoms with Crippen molar-refractivity contribution >= 4 is 13.5 Å². The van der Waals surface area contributed by atoms with Crippen molar-refractivity contribution in [2.75, 3.05) is 0 Å². The zero-order valence-corrected chi connectivity index (χ0v) is 6.59. The summed E-state index contributed by atoms with van der Waals surface area (Å²) in [7, 11) is 1.14. The quantitative estimate of drug-likeness (QED) is 0.483. The maximum absolute atomic E-state index is 4.11. The van der Waals surface area contributed by atoms with Crippen LogP contribution in [-0.4, -0.2) is 13.5 Å². The van der Waals surface area contributed by atoms with E-state index in [0.29, 0.717) is 0 Å². The maximum Gasteiger partial charge on any atom is 0.149 e. The van der Waals surface area contributed by atoms with E-state index in [1.165, 1.54) is 11.0 Å². The second-order valence-electron chi connectivity index (χ2n) is 2.57. The van der Waals surface area contributed by atoms with Gasteiger partial charge < -0.3 is 0 Å². The summed E-state index contributed by atoms with van der Waals surface area (Å²) in [6, 6.07) is 0. The minimum atomic E-state index is 1.02. The summed E-state index contributed by atoms with van der Waals surface area (Å²) in [6.07, 6.45) is 7.10. The van der Waals surface area contributed by atoms with Gasteiger partial charge in [-0.15, -0.1) is 5.47 Å². The highest BCUT2D eigenvalue weighted by Crippen LogP contribution is 2.07. The lowest BCUT2D eigenvalue weighted by atomic mass is 9.70. The van der Waals surface area contributed by atoms with Gasteiger partial charge in [-0.05, 0) is 18.9 Å². The van der Waals surface area contributed by atoms with Gasteiger partial charge >= 0.3 is 0 Å². The van der Waals surface area contributed by atoms with Crippen LogP contribution in [0.25, 0.3) is 0 Å². The number of hydrogen-bond acceptors (Lipinski definition) is 1. The van der Waals surface area contributed by atoms with Crippen LogP contribution in [0.4, 0.5) is 0 Å². The molecule has 0 unspecified atom stereocenters. The van der Waals surface area contributed by atoms with E-state index in [2.05, 4.69) is 24.8 Å². The van der Waals surface area contributed by atoms with Gasteiger partial charge in [-0.25, -0.2) is 0 Å². The van der Waals surface area contributed by atoms with Crippen molar-refractivity contribution in [1.29, 1.82) is 0 Å². The molecule has 52 valence electrons. The van der Waals surface area contributed by atoms with Crippen molar-refractivity contribution < 1.29 is 0 Å². The molecule has 0 spiro atoms. The van der Waals surface area contributed by atoms with Gasteiger partial charge in [0.2, 0.25) is 0 Å². The van der Waals surface area contributed by atoms with Crippen molar-refractivity contribution in [1.82, 2.24) is 0 Å². The molecule has 1 aliphatic heterocycles. The minimum absolute atomic E-state index is 1.02. The third-order valence-corrected chi connectivity index (χ3v) is 1.62. The van der Waals surface area contributed by atoms with Crippen LogP contribution in [0.15, 0.2) is 28.3 Å². The Hall–Kier alpha value is -0.785. The molecule has 0 aromatic rings. The van der Waals surface area contributed by atoms with Crippen LogP contribution in [0.1, 0.15) is 13.3 Å². The van der Waals surface area contributed by atoms with Gasteiger partial charge in [-0.1, -0.05) is 12.9 Å². The SMILES string of the molecule is CBC1=CC(C)=CN=CC1. The molecule has 2 heteroatoms. The number of hydrogen-bond donors (Lipinski definition) is 0. The second kappa shape index (κ2) is 3.40. The van der Waals surface area contributed by atoms with E-state index in [4.69, 9.17) is 0 Å². The smallest absolute Gasteiger partial charge is 0.149 e. The molecule has 1 aliphatic rings. The third kappa shape index (κ3) is 1.87. The van der Waals surface area contributed by atoms with Gasteiger partial charge in [0.05, 0.1) is 0 Å². The fourth-order valence-electron chi connectivity index (χ4n) is 1.00. The minimum Gasteiger partial charge on any atom is -0.269 e. The molecular formula is C8H12BN. The first-order valence-electron chi connectivity index (χ1n) is 3.70. The van der Waals surface area contributed by atoms with Crippen LogP contribution in [-0.2, 0) is 0 Å². The van der Waals surface area contributed by atoms with Crippen molar-refractivity contribution in [2.24, 2.45) is 4.99 Å². The van der Waals surface area contributed by atoms with Gasteiger partial charge in [0.1, 0.15) is 7.28 Å². The molecule has 0 saturated heterocycles. The highest BCUT2D eigenvalue weighted by atomic mass is 14.7. The highest BCUT2D eigenvalue weighted by molar-refractivity contribution is 6.44. The van der Waals surface area contributed by atoms with E-state index in [1.807, 2.05) is 12.4 Å². The summed E-state index contributed by atoms with van der Waals surface area (Å²) in [4.78, 5) is 4.11. The number of allylic oxidation sites excluding steroid dienone is 3. The molecule has 0 N–H and O–H groups in total. The first-order valence-corrected chi connectivity index (χ1v) is 3.70. The maximum atomic E-state index is 4.11. The summed E-state index contributed by atoms with van der Waals surface area (Å²) in [5.74, 6) is 0. The predicted molar refractivity (Wildman–Crippen MR) is 48.0 cm³/mol. The highest BCUT2D eigenvalue weighted by Gasteiger charge is 1.95. The molecule has 0 atom stereocenters. The second-order valence-corrected chi connectivity index (χ2v) is 2.57. The molecule has 0 aliphatic carbocycles. The molecule has 1 nitrogen and oxygen atoms in total. The standard InChI is InChI=1S/C8H12BN/c1-7-5-8(9-2)3-4-10-6-7/h4-6,9H,3H2,1-2H3. The Morgan fingerprint density at radius 1 is 1.60 bits per heavy atom. The average molecular weight is 133 g/mol. The largest absolute Gasteiger partial charge is 0.269 e. The Morgan fingerprint density at radius 2 is 2.40 bits per heavy atom. The molecule has 0 aromatic heterocycles. The average Bonchev–Trinajstić information content (AvgIpc) is 2.13. The summed E-state index contributed by atoms with van der Waals surface area (Å²) >= 11 is 0. The Kier molecular flexibility index (Phi) is 2.49. The first kappa shape index (κ1) is 7.32. The zero-order chi connectivity index (χ0) is 7.40. The summed E-state index contributed by atoms with van der Waals surface area (Å²) < 4.78 is 0. The number of nitrogens with zero attached hydrogens (tertiary/aromatic N) is 1. The third-order valence-electron chi connectivity index (χ3n) is 1.62. The first-order chi connectivity index (χ1) is 4.83. The molecular weight excluding hydrogens is 121 g/mol. The van der Waals surface area contributed by atoms with Crippen molar-refractivity contribution in [2.45, 2.75) is 20.2 Å². The van der Waals surface area contributed by atoms with Gasteiger partial charge in [0, 0.05) is 12.4 Å². The molecule has 0 fully saturated rings. The van der Waals surface area contributed by atoms with Gasteiger partial charge in [-0.3, -0.25) is 4.99 Å². The van der Waals surface area contributed by atoms with Crippen LogP contribution < -0.4 is 0 Å². The van der Waals surface area contributed by atoms with Crippen molar-refractivity contribution in [3.05, 3.63) is 23.3 Å². The normalized spacial score (nSPS) is 17.4. The Labute approximate surface area is 62.8 Å². The van der Waals surface area contributed by atoms with Gasteiger partial charge in [0.25, 0.3) is 0 Å². The Bertz CT molecular complexity index is 201. The van der Waals surface area contributed by atoms with Crippen LogP contribution in [0.2, 0.25) is 6.82 Å². The molecule has 0 amide bonds. The lowest BCUT2D eigenvalue weighted by molar-refractivity contribution is 1.44. The molecule has 1 heterocycles. The zero-order valence-electron chi connectivity index (χ0n) is 6.59. The monoisotopic (exact) mass is 133 g/mol. The summed E-state index contributed by atoms with van der Waals surface area (Å²) in [6.45, 7) is 4.26. The molecule has 0 radical (unpaired) electrons. The van der Waals surface area contributed by atoms with Crippen LogP contribution in [0, 0.1) is 0 Å². The van der Waals surface area contributed by atoms with E-state index in [1.54, 1.807) is 0 Å². The van der Waals surface area contributed by atoms with Crippen LogP contribution in [0.5, 0.6) is 0 Å². The topological polar surface area (TPSA) is 12.4 Å². The molecule has 10 heavy (non-hydrogen) atoms. The van der Waals surface area contributed by atoms with Gasteiger partial charge in [0.15, 0.2) is 0 Å². The number of rotatable bonds is 1.